The van der Waals surface area contributed by atoms with Crippen molar-refractivity contribution in [2.24, 2.45) is 0 Å². The summed E-state index contributed by atoms with van der Waals surface area (Å²) >= 11 is 0. The predicted octanol–water partition coefficient (Wildman–Crippen LogP) is 3.93. The molecule has 0 spiro atoms. The second-order valence-corrected chi connectivity index (χ2v) is 7.70. The maximum absolute atomic E-state index is 13.3. The van der Waals surface area contributed by atoms with Gasteiger partial charge in [0.2, 0.25) is 0 Å². The second kappa shape index (κ2) is 8.25. The van der Waals surface area contributed by atoms with Crippen LogP contribution in [0.25, 0.3) is 0 Å². The Balaban J connectivity index is 1.90. The van der Waals surface area contributed by atoms with Gasteiger partial charge in [0.25, 0.3) is 21.6 Å². The smallest absolute Gasteiger partial charge is 0.270 e. The van der Waals surface area contributed by atoms with E-state index in [1.807, 2.05) is 0 Å². The van der Waals surface area contributed by atoms with Gasteiger partial charge < -0.3 is 5.32 Å². The monoisotopic (exact) mass is 433 g/mol. The summed E-state index contributed by atoms with van der Waals surface area (Å²) in [4.78, 5) is 22.3. The lowest BCUT2D eigenvalue weighted by atomic mass is 10.1. The van der Waals surface area contributed by atoms with Gasteiger partial charge in [-0.1, -0.05) is 18.2 Å². The van der Waals surface area contributed by atoms with E-state index < -0.39 is 38.2 Å². The molecule has 0 fully saturated rings. The molecule has 2 N–H and O–H groups in total. The van der Waals surface area contributed by atoms with Gasteiger partial charge in [-0.25, -0.2) is 17.2 Å². The Labute approximate surface area is 169 Å². The summed E-state index contributed by atoms with van der Waals surface area (Å²) in [5, 5.41) is 13.2. The molecule has 0 bridgehead atoms. The number of hydrogen-bond donors (Lipinski definition) is 2. The molecular formula is C19H13F2N3O5S. The van der Waals surface area contributed by atoms with Crippen molar-refractivity contribution in [3.05, 3.63) is 94.0 Å². The Morgan fingerprint density at radius 2 is 1.60 bits per heavy atom. The minimum absolute atomic E-state index is 0.126. The number of nitrogens with one attached hydrogen (secondary N) is 2. The number of carbonyl (C=O) groups is 1. The summed E-state index contributed by atoms with van der Waals surface area (Å²) in [6.07, 6.45) is 0. The van der Waals surface area contributed by atoms with Crippen LogP contribution in [0.2, 0.25) is 0 Å². The maximum atomic E-state index is 13.3. The highest BCUT2D eigenvalue weighted by Gasteiger charge is 2.21. The Bertz CT molecular complexity index is 1230. The van der Waals surface area contributed by atoms with Gasteiger partial charge in [0.1, 0.15) is 11.6 Å². The molecule has 11 heteroatoms. The van der Waals surface area contributed by atoms with E-state index in [9.17, 15) is 32.1 Å². The Morgan fingerprint density at radius 3 is 2.27 bits per heavy atom. The average Bonchev–Trinajstić information content (AvgIpc) is 2.67. The number of rotatable bonds is 6. The molecule has 154 valence electrons. The molecule has 0 radical (unpaired) electrons. The summed E-state index contributed by atoms with van der Waals surface area (Å²) in [7, 11) is -4.27. The fraction of sp³-hybridized carbons (Fsp3) is 0. The second-order valence-electron chi connectivity index (χ2n) is 6.02. The lowest BCUT2D eigenvalue weighted by Gasteiger charge is -2.13. The number of nitro benzene ring substituents is 1. The summed E-state index contributed by atoms with van der Waals surface area (Å²) in [5.74, 6) is -2.62. The van der Waals surface area contributed by atoms with E-state index in [0.717, 1.165) is 30.3 Å². The first-order valence-corrected chi connectivity index (χ1v) is 9.78. The van der Waals surface area contributed by atoms with Crippen molar-refractivity contribution in [1.29, 1.82) is 0 Å². The highest BCUT2D eigenvalue weighted by molar-refractivity contribution is 7.92. The van der Waals surface area contributed by atoms with Crippen LogP contribution in [0.1, 0.15) is 10.4 Å². The van der Waals surface area contributed by atoms with E-state index >= 15 is 0 Å². The van der Waals surface area contributed by atoms with Crippen molar-refractivity contribution in [1.82, 2.24) is 0 Å². The Morgan fingerprint density at radius 1 is 0.933 bits per heavy atom. The number of anilines is 2. The van der Waals surface area contributed by atoms with Crippen LogP contribution in [0.5, 0.6) is 0 Å². The van der Waals surface area contributed by atoms with Gasteiger partial charge >= 0.3 is 0 Å². The van der Waals surface area contributed by atoms with Crippen molar-refractivity contribution in [2.45, 2.75) is 4.90 Å². The normalized spacial score (nSPS) is 11.0. The van der Waals surface area contributed by atoms with Crippen LogP contribution >= 0.6 is 0 Å². The van der Waals surface area contributed by atoms with E-state index in [4.69, 9.17) is 0 Å². The van der Waals surface area contributed by atoms with E-state index in [1.54, 1.807) is 0 Å². The molecule has 0 aliphatic rings. The van der Waals surface area contributed by atoms with Crippen molar-refractivity contribution < 1.29 is 26.9 Å². The van der Waals surface area contributed by atoms with Gasteiger partial charge in [-0.3, -0.25) is 19.6 Å². The molecule has 0 aromatic heterocycles. The predicted molar refractivity (Wildman–Crippen MR) is 105 cm³/mol. The van der Waals surface area contributed by atoms with Crippen LogP contribution in [-0.4, -0.2) is 19.2 Å². The number of nitrogens with zero attached hydrogens (tertiary/aromatic N) is 1. The summed E-state index contributed by atoms with van der Waals surface area (Å²) < 4.78 is 54.1. The van der Waals surface area contributed by atoms with Gasteiger partial charge in [0, 0.05) is 23.9 Å². The Hall–Kier alpha value is -3.86. The molecule has 0 heterocycles. The summed E-state index contributed by atoms with van der Waals surface area (Å²) in [6.45, 7) is 0. The van der Waals surface area contributed by atoms with E-state index in [2.05, 4.69) is 10.0 Å². The number of nitro groups is 1. The SMILES string of the molecule is O=C(Nc1cc(F)cc(F)c1)c1ccccc1NS(=O)(=O)c1cccc([N+](=O)[O-])c1. The zero-order valence-electron chi connectivity index (χ0n) is 15.0. The molecule has 0 atom stereocenters. The minimum Gasteiger partial charge on any atom is -0.322 e. The maximum Gasteiger partial charge on any atom is 0.270 e. The third-order valence-electron chi connectivity index (χ3n) is 3.88. The van der Waals surface area contributed by atoms with Crippen LogP contribution in [0.15, 0.2) is 71.6 Å². The molecule has 3 aromatic carbocycles. The first-order valence-electron chi connectivity index (χ1n) is 8.29. The van der Waals surface area contributed by atoms with Crippen LogP contribution < -0.4 is 10.0 Å². The van der Waals surface area contributed by atoms with Gasteiger partial charge in [-0.15, -0.1) is 0 Å². The summed E-state index contributed by atoms with van der Waals surface area (Å²) in [6, 6.07) is 12.4. The fourth-order valence-corrected chi connectivity index (χ4v) is 3.68. The lowest BCUT2D eigenvalue weighted by molar-refractivity contribution is -0.385. The highest BCUT2D eigenvalue weighted by atomic mass is 32.2. The number of amides is 1. The van der Waals surface area contributed by atoms with Crippen LogP contribution in [0.3, 0.4) is 0 Å². The van der Waals surface area contributed by atoms with Gasteiger partial charge in [-0.05, 0) is 30.3 Å². The quantitative estimate of drug-likeness (QED) is 0.451. The third-order valence-corrected chi connectivity index (χ3v) is 5.24. The number of sulfonamides is 1. The molecule has 8 nitrogen and oxygen atoms in total. The number of para-hydroxylation sites is 1. The van der Waals surface area contributed by atoms with E-state index in [1.165, 1.54) is 30.3 Å². The zero-order chi connectivity index (χ0) is 21.9. The molecule has 30 heavy (non-hydrogen) atoms. The first kappa shape index (κ1) is 20.9. The molecule has 0 saturated carbocycles. The van der Waals surface area contributed by atoms with Gasteiger partial charge in [0.05, 0.1) is 21.1 Å². The number of carbonyl (C=O) groups excluding carboxylic acids is 1. The molecule has 1 amide bonds. The average molecular weight is 433 g/mol. The van der Waals surface area contributed by atoms with Crippen molar-refractivity contribution >= 4 is 33.0 Å². The minimum atomic E-state index is -4.27. The zero-order valence-corrected chi connectivity index (χ0v) is 15.8. The standard InChI is InChI=1S/C19H13F2N3O5S/c20-12-8-13(21)10-14(9-12)22-19(25)17-6-1-2-7-18(17)23-30(28,29)16-5-3-4-15(11-16)24(26)27/h1-11,23H,(H,22,25). The van der Waals surface area contributed by atoms with E-state index in [-0.39, 0.29) is 21.8 Å². The number of halogens is 2. The molecular weight excluding hydrogens is 420 g/mol. The molecule has 0 unspecified atom stereocenters. The van der Waals surface area contributed by atoms with Crippen LogP contribution in [0, 0.1) is 21.7 Å². The van der Waals surface area contributed by atoms with Gasteiger partial charge in [-0.2, -0.15) is 0 Å². The largest absolute Gasteiger partial charge is 0.322 e. The first-order chi connectivity index (χ1) is 14.2. The van der Waals surface area contributed by atoms with Crippen molar-refractivity contribution in [3.8, 4) is 0 Å². The Kier molecular flexibility index (Phi) is 5.74. The summed E-state index contributed by atoms with van der Waals surface area (Å²) in [5.41, 5.74) is -0.833. The topological polar surface area (TPSA) is 118 Å². The number of non-ortho nitro benzene ring substituents is 1. The molecule has 0 aliphatic heterocycles. The molecule has 3 rings (SSSR count). The van der Waals surface area contributed by atoms with Crippen molar-refractivity contribution in [3.63, 3.8) is 0 Å². The lowest BCUT2D eigenvalue weighted by Crippen LogP contribution is -2.18. The molecule has 0 saturated heterocycles. The molecule has 0 aliphatic carbocycles. The third kappa shape index (κ3) is 4.75. The number of hydrogen-bond acceptors (Lipinski definition) is 5. The van der Waals surface area contributed by atoms with E-state index in [0.29, 0.717) is 6.07 Å². The number of benzene rings is 3. The van der Waals surface area contributed by atoms with Crippen LogP contribution in [0.4, 0.5) is 25.8 Å². The van der Waals surface area contributed by atoms with Crippen LogP contribution in [-0.2, 0) is 10.0 Å². The molecule has 3 aromatic rings. The fourth-order valence-electron chi connectivity index (χ4n) is 2.56. The van der Waals surface area contributed by atoms with Gasteiger partial charge in [0.15, 0.2) is 0 Å². The van der Waals surface area contributed by atoms with Crippen molar-refractivity contribution in [2.75, 3.05) is 10.0 Å². The highest BCUT2D eigenvalue weighted by Crippen LogP contribution is 2.24.